The second-order valence-electron chi connectivity index (χ2n) is 8.50. The summed E-state index contributed by atoms with van der Waals surface area (Å²) >= 11 is 0. The van der Waals surface area contributed by atoms with Gasteiger partial charge < -0.3 is 20.4 Å². The Bertz CT molecular complexity index is 644. The van der Waals surface area contributed by atoms with Gasteiger partial charge in [0.1, 0.15) is 0 Å². The lowest BCUT2D eigenvalue weighted by Gasteiger charge is -2.40. The molecule has 6 fully saturated rings. The Labute approximate surface area is 156 Å². The Hall–Kier alpha value is -2.12. The number of hydrogen-bond donors (Lipinski definition) is 4. The first-order chi connectivity index (χ1) is 12.7. The van der Waals surface area contributed by atoms with Gasteiger partial charge in [-0.1, -0.05) is 0 Å². The number of carboxylic acids is 4. The molecule has 8 heteroatoms. The molecule has 4 bridgehead atoms. The van der Waals surface area contributed by atoms with Crippen molar-refractivity contribution < 1.29 is 39.6 Å². The van der Waals surface area contributed by atoms with E-state index in [0.29, 0.717) is 25.7 Å². The molecule has 8 nitrogen and oxygen atoms in total. The Balaban J connectivity index is 2.06. The number of aliphatic carboxylic acids is 4. The molecular formula is C19H26O8. The second kappa shape index (κ2) is 7.48. The van der Waals surface area contributed by atoms with Crippen molar-refractivity contribution in [2.45, 2.75) is 44.9 Å². The Morgan fingerprint density at radius 1 is 0.519 bits per heavy atom. The van der Waals surface area contributed by atoms with Crippen molar-refractivity contribution in [2.75, 3.05) is 0 Å². The molecule has 6 rings (SSSR count). The van der Waals surface area contributed by atoms with E-state index in [4.69, 9.17) is 0 Å². The van der Waals surface area contributed by atoms with Crippen LogP contribution in [-0.4, -0.2) is 44.3 Å². The summed E-state index contributed by atoms with van der Waals surface area (Å²) in [6.45, 7) is 0. The lowest BCUT2D eigenvalue weighted by atomic mass is 9.63. The van der Waals surface area contributed by atoms with E-state index in [1.807, 2.05) is 0 Å². The van der Waals surface area contributed by atoms with Gasteiger partial charge in [0.15, 0.2) is 0 Å². The van der Waals surface area contributed by atoms with E-state index in [0.717, 1.165) is 0 Å². The molecule has 4 N–H and O–H groups in total. The van der Waals surface area contributed by atoms with Gasteiger partial charge in [0.05, 0.1) is 23.7 Å². The summed E-state index contributed by atoms with van der Waals surface area (Å²) in [5.74, 6) is -9.12. The zero-order valence-corrected chi connectivity index (χ0v) is 15.0. The van der Waals surface area contributed by atoms with Crippen LogP contribution in [0.4, 0.5) is 0 Å². The summed E-state index contributed by atoms with van der Waals surface area (Å²) in [6, 6.07) is 0. The fourth-order valence-electron chi connectivity index (χ4n) is 6.07. The molecule has 0 aromatic rings. The SMILES string of the molecule is O=C(O)C1CC2CCC1CC(C(=O)O)C1CCC(CC1C(=O)O)C2C(=O)O. The van der Waals surface area contributed by atoms with Gasteiger partial charge in [-0.2, -0.15) is 0 Å². The molecule has 0 spiro atoms. The summed E-state index contributed by atoms with van der Waals surface area (Å²) in [4.78, 5) is 47.6. The highest BCUT2D eigenvalue weighted by Gasteiger charge is 2.51. The van der Waals surface area contributed by atoms with Crippen molar-refractivity contribution >= 4 is 23.9 Å². The molecular weight excluding hydrogens is 356 g/mol. The lowest BCUT2D eigenvalue weighted by Crippen LogP contribution is -2.42. The molecule has 0 aromatic carbocycles. The summed E-state index contributed by atoms with van der Waals surface area (Å²) in [6.07, 6.45) is 2.40. The van der Waals surface area contributed by atoms with E-state index in [1.165, 1.54) is 0 Å². The zero-order valence-electron chi connectivity index (χ0n) is 15.0. The molecule has 6 aliphatic rings. The highest BCUT2D eigenvalue weighted by Crippen LogP contribution is 2.51. The number of rotatable bonds is 4. The van der Waals surface area contributed by atoms with Crippen molar-refractivity contribution in [3.63, 3.8) is 0 Å². The number of carboxylic acid groups (broad SMARTS) is 4. The quantitative estimate of drug-likeness (QED) is 0.577. The third-order valence-corrected chi connectivity index (χ3v) is 7.30. The van der Waals surface area contributed by atoms with Crippen molar-refractivity contribution in [1.82, 2.24) is 0 Å². The van der Waals surface area contributed by atoms with Crippen molar-refractivity contribution in [1.29, 1.82) is 0 Å². The van der Waals surface area contributed by atoms with Crippen LogP contribution in [-0.2, 0) is 19.2 Å². The fourth-order valence-corrected chi connectivity index (χ4v) is 6.07. The van der Waals surface area contributed by atoms with Gasteiger partial charge in [-0.3, -0.25) is 19.2 Å². The van der Waals surface area contributed by atoms with Gasteiger partial charge in [0, 0.05) is 0 Å². The van der Waals surface area contributed by atoms with Gasteiger partial charge in [0.25, 0.3) is 0 Å². The van der Waals surface area contributed by atoms with Crippen LogP contribution in [0.25, 0.3) is 0 Å². The minimum Gasteiger partial charge on any atom is -0.481 e. The molecule has 0 radical (unpaired) electrons. The van der Waals surface area contributed by atoms with Gasteiger partial charge in [-0.15, -0.1) is 0 Å². The van der Waals surface area contributed by atoms with Gasteiger partial charge in [0.2, 0.25) is 0 Å². The fraction of sp³-hybridized carbons (Fsp3) is 0.789. The molecule has 0 aliphatic heterocycles. The molecule has 8 unspecified atom stereocenters. The predicted molar refractivity (Wildman–Crippen MR) is 90.8 cm³/mol. The maximum absolute atomic E-state index is 12.0. The number of hydrogen-bond acceptors (Lipinski definition) is 4. The molecule has 0 heterocycles. The van der Waals surface area contributed by atoms with Crippen LogP contribution in [0.1, 0.15) is 44.9 Å². The van der Waals surface area contributed by atoms with Crippen molar-refractivity contribution in [3.05, 3.63) is 0 Å². The van der Waals surface area contributed by atoms with Crippen LogP contribution in [0.2, 0.25) is 0 Å². The highest BCUT2D eigenvalue weighted by molar-refractivity contribution is 5.76. The minimum atomic E-state index is -1.08. The van der Waals surface area contributed by atoms with E-state index in [9.17, 15) is 39.6 Å². The largest absolute Gasteiger partial charge is 0.481 e. The van der Waals surface area contributed by atoms with E-state index in [2.05, 4.69) is 0 Å². The summed E-state index contributed by atoms with van der Waals surface area (Å²) in [5, 5.41) is 38.9. The zero-order chi connectivity index (χ0) is 19.9. The Kier molecular flexibility index (Phi) is 5.44. The average Bonchev–Trinajstić information content (AvgIpc) is 2.66. The predicted octanol–water partition coefficient (Wildman–Crippen LogP) is 2.03. The summed E-state index contributed by atoms with van der Waals surface area (Å²) < 4.78 is 0. The second-order valence-corrected chi connectivity index (χ2v) is 8.50. The van der Waals surface area contributed by atoms with E-state index >= 15 is 0 Å². The maximum Gasteiger partial charge on any atom is 0.307 e. The third-order valence-electron chi connectivity index (χ3n) is 7.30. The first-order valence-electron chi connectivity index (χ1n) is 9.61. The van der Waals surface area contributed by atoms with E-state index in [-0.39, 0.29) is 37.0 Å². The summed E-state index contributed by atoms with van der Waals surface area (Å²) in [7, 11) is 0. The van der Waals surface area contributed by atoms with Crippen LogP contribution >= 0.6 is 0 Å². The van der Waals surface area contributed by atoms with Gasteiger partial charge in [-0.25, -0.2) is 0 Å². The molecule has 0 saturated heterocycles. The Morgan fingerprint density at radius 3 is 1.41 bits per heavy atom. The lowest BCUT2D eigenvalue weighted by molar-refractivity contribution is -0.156. The summed E-state index contributed by atoms with van der Waals surface area (Å²) in [5.41, 5.74) is 0. The average molecular weight is 382 g/mol. The molecule has 0 aromatic heterocycles. The van der Waals surface area contributed by atoms with E-state index in [1.54, 1.807) is 0 Å². The Morgan fingerprint density at radius 2 is 0.926 bits per heavy atom. The van der Waals surface area contributed by atoms with E-state index < -0.39 is 53.5 Å². The van der Waals surface area contributed by atoms with Crippen LogP contribution < -0.4 is 0 Å². The first-order valence-corrected chi connectivity index (χ1v) is 9.61. The molecule has 6 saturated carbocycles. The first kappa shape index (κ1) is 19.6. The molecule has 27 heavy (non-hydrogen) atoms. The van der Waals surface area contributed by atoms with Crippen molar-refractivity contribution in [2.24, 2.45) is 47.3 Å². The monoisotopic (exact) mass is 382 g/mol. The van der Waals surface area contributed by atoms with Crippen LogP contribution in [0.5, 0.6) is 0 Å². The highest BCUT2D eigenvalue weighted by atomic mass is 16.4. The third kappa shape index (κ3) is 3.66. The maximum atomic E-state index is 12.0. The normalized spacial score (nSPS) is 41.5. The minimum absolute atomic E-state index is 0.149. The number of carbonyl (C=O) groups is 4. The van der Waals surface area contributed by atoms with Gasteiger partial charge in [-0.05, 0) is 68.6 Å². The van der Waals surface area contributed by atoms with Crippen LogP contribution in [0.3, 0.4) is 0 Å². The molecule has 8 atom stereocenters. The topological polar surface area (TPSA) is 149 Å². The van der Waals surface area contributed by atoms with Crippen LogP contribution in [0, 0.1) is 47.3 Å². The molecule has 0 amide bonds. The van der Waals surface area contributed by atoms with Crippen LogP contribution in [0.15, 0.2) is 0 Å². The van der Waals surface area contributed by atoms with Gasteiger partial charge >= 0.3 is 23.9 Å². The molecule has 150 valence electrons. The van der Waals surface area contributed by atoms with Crippen molar-refractivity contribution in [3.8, 4) is 0 Å². The smallest absolute Gasteiger partial charge is 0.307 e. The standard InChI is InChI=1S/C19H26O8/c20-16(21)12-6-9-2-1-8(12)5-13(17(22)23)11-4-3-10(15(9)19(26)27)7-14(11)18(24)25/h8-15H,1-7H2,(H,20,21)(H,22,23)(H,24,25)(H,26,27). The molecule has 6 aliphatic carbocycles.